The molecule has 0 saturated carbocycles. The molecule has 1 N–H and O–H groups in total. The number of amides is 1. The number of aromatic nitrogens is 1. The SMILES string of the molecule is COc1cc(/C=C/C(=O)Nc2nc(-c3ccc(C)cc3)c(C)s2)ccc1OC(C)C. The molecular formula is C24H26N2O3S. The summed E-state index contributed by atoms with van der Waals surface area (Å²) in [5.74, 6) is 1.07. The first-order valence-electron chi connectivity index (χ1n) is 9.74. The molecule has 3 rings (SSSR count). The van der Waals surface area contributed by atoms with Gasteiger partial charge in [0, 0.05) is 16.5 Å². The van der Waals surface area contributed by atoms with Gasteiger partial charge in [0.2, 0.25) is 5.91 Å². The molecule has 6 heteroatoms. The summed E-state index contributed by atoms with van der Waals surface area (Å²) in [7, 11) is 1.60. The average Bonchev–Trinajstić information content (AvgIpc) is 3.07. The predicted molar refractivity (Wildman–Crippen MR) is 123 cm³/mol. The Bertz CT molecular complexity index is 1050. The summed E-state index contributed by atoms with van der Waals surface area (Å²) in [4.78, 5) is 18.0. The fourth-order valence-corrected chi connectivity index (χ4v) is 3.73. The fourth-order valence-electron chi connectivity index (χ4n) is 2.89. The summed E-state index contributed by atoms with van der Waals surface area (Å²) in [5, 5.41) is 3.43. The monoisotopic (exact) mass is 422 g/mol. The Labute approximate surface area is 181 Å². The highest BCUT2D eigenvalue weighted by atomic mass is 32.1. The van der Waals surface area contributed by atoms with Crippen LogP contribution in [-0.2, 0) is 4.79 Å². The van der Waals surface area contributed by atoms with E-state index in [0.29, 0.717) is 16.6 Å². The molecule has 3 aromatic rings. The van der Waals surface area contributed by atoms with Gasteiger partial charge in [0.1, 0.15) is 0 Å². The third-order valence-electron chi connectivity index (χ3n) is 4.33. The van der Waals surface area contributed by atoms with Crippen LogP contribution in [0.3, 0.4) is 0 Å². The van der Waals surface area contributed by atoms with Gasteiger partial charge in [0.25, 0.3) is 0 Å². The first-order chi connectivity index (χ1) is 14.4. The zero-order chi connectivity index (χ0) is 21.7. The Balaban J connectivity index is 1.69. The van der Waals surface area contributed by atoms with Gasteiger partial charge in [0.05, 0.1) is 18.9 Å². The van der Waals surface area contributed by atoms with E-state index in [1.54, 1.807) is 13.2 Å². The molecule has 1 heterocycles. The number of benzene rings is 2. The summed E-state index contributed by atoms with van der Waals surface area (Å²) in [6.07, 6.45) is 3.27. The van der Waals surface area contributed by atoms with Crippen LogP contribution in [0.5, 0.6) is 11.5 Å². The van der Waals surface area contributed by atoms with E-state index in [9.17, 15) is 4.79 Å². The lowest BCUT2D eigenvalue weighted by molar-refractivity contribution is -0.111. The van der Waals surface area contributed by atoms with Crippen molar-refractivity contribution < 1.29 is 14.3 Å². The maximum atomic E-state index is 12.4. The van der Waals surface area contributed by atoms with Crippen LogP contribution in [0.2, 0.25) is 0 Å². The van der Waals surface area contributed by atoms with Gasteiger partial charge in [-0.15, -0.1) is 11.3 Å². The molecule has 156 valence electrons. The van der Waals surface area contributed by atoms with Gasteiger partial charge in [-0.25, -0.2) is 4.98 Å². The van der Waals surface area contributed by atoms with Crippen LogP contribution in [0.1, 0.15) is 29.9 Å². The smallest absolute Gasteiger partial charge is 0.250 e. The lowest BCUT2D eigenvalue weighted by Crippen LogP contribution is -2.07. The Kier molecular flexibility index (Phi) is 6.90. The molecule has 0 fully saturated rings. The van der Waals surface area contributed by atoms with Crippen LogP contribution in [-0.4, -0.2) is 24.1 Å². The van der Waals surface area contributed by atoms with Crippen LogP contribution in [0.4, 0.5) is 5.13 Å². The Morgan fingerprint density at radius 1 is 1.10 bits per heavy atom. The van der Waals surface area contributed by atoms with Crippen LogP contribution in [0, 0.1) is 13.8 Å². The van der Waals surface area contributed by atoms with Crippen LogP contribution in [0.25, 0.3) is 17.3 Å². The van der Waals surface area contributed by atoms with E-state index in [1.807, 2.05) is 51.1 Å². The standard InChI is InChI=1S/C24H26N2O3S/c1-15(2)29-20-12-8-18(14-21(20)28-5)9-13-22(27)25-24-26-23(17(4)30-24)19-10-6-16(3)7-11-19/h6-15H,1-5H3,(H,25,26,27)/b13-9+. The van der Waals surface area contributed by atoms with Crippen LogP contribution >= 0.6 is 11.3 Å². The quantitative estimate of drug-likeness (QED) is 0.483. The molecule has 0 atom stereocenters. The molecule has 2 aromatic carbocycles. The molecule has 0 radical (unpaired) electrons. The number of rotatable bonds is 7. The van der Waals surface area contributed by atoms with Gasteiger partial charge in [0.15, 0.2) is 16.6 Å². The highest BCUT2D eigenvalue weighted by Crippen LogP contribution is 2.31. The summed E-state index contributed by atoms with van der Waals surface area (Å²) in [6, 6.07) is 13.8. The molecule has 0 bridgehead atoms. The van der Waals surface area contributed by atoms with Crippen molar-refractivity contribution in [2.45, 2.75) is 33.8 Å². The maximum Gasteiger partial charge on any atom is 0.250 e. The van der Waals surface area contributed by atoms with Crippen molar-refractivity contribution in [2.24, 2.45) is 0 Å². The Morgan fingerprint density at radius 3 is 2.50 bits per heavy atom. The van der Waals surface area contributed by atoms with Gasteiger partial charge < -0.3 is 9.47 Å². The van der Waals surface area contributed by atoms with Crippen molar-refractivity contribution in [1.29, 1.82) is 0 Å². The number of hydrogen-bond acceptors (Lipinski definition) is 5. The van der Waals surface area contributed by atoms with Crippen molar-refractivity contribution in [1.82, 2.24) is 4.98 Å². The summed E-state index contributed by atoms with van der Waals surface area (Å²) in [5.41, 5.74) is 3.98. The van der Waals surface area contributed by atoms with Gasteiger partial charge in [-0.05, 0) is 51.5 Å². The average molecular weight is 423 g/mol. The van der Waals surface area contributed by atoms with E-state index in [4.69, 9.17) is 9.47 Å². The molecule has 0 spiro atoms. The first kappa shape index (κ1) is 21.6. The van der Waals surface area contributed by atoms with Crippen LogP contribution in [0.15, 0.2) is 48.5 Å². The van der Waals surface area contributed by atoms with Crippen molar-refractivity contribution in [3.05, 3.63) is 64.5 Å². The van der Waals surface area contributed by atoms with Crippen molar-refractivity contribution in [3.8, 4) is 22.8 Å². The second kappa shape index (κ2) is 9.59. The molecule has 5 nitrogen and oxygen atoms in total. The molecule has 0 unspecified atom stereocenters. The van der Waals surface area contributed by atoms with E-state index in [0.717, 1.165) is 21.7 Å². The normalized spacial score (nSPS) is 11.1. The van der Waals surface area contributed by atoms with E-state index < -0.39 is 0 Å². The molecule has 30 heavy (non-hydrogen) atoms. The highest BCUT2D eigenvalue weighted by Gasteiger charge is 2.11. The summed E-state index contributed by atoms with van der Waals surface area (Å²) < 4.78 is 11.1. The minimum atomic E-state index is -0.235. The fraction of sp³-hybridized carbons (Fsp3) is 0.250. The van der Waals surface area contributed by atoms with Crippen LogP contribution < -0.4 is 14.8 Å². The van der Waals surface area contributed by atoms with Crippen molar-refractivity contribution in [3.63, 3.8) is 0 Å². The number of nitrogens with zero attached hydrogens (tertiary/aromatic N) is 1. The van der Waals surface area contributed by atoms with E-state index in [2.05, 4.69) is 29.4 Å². The van der Waals surface area contributed by atoms with Gasteiger partial charge in [-0.3, -0.25) is 10.1 Å². The van der Waals surface area contributed by atoms with Gasteiger partial charge in [-0.2, -0.15) is 0 Å². The number of ether oxygens (including phenoxy) is 2. The Morgan fingerprint density at radius 2 is 1.83 bits per heavy atom. The number of carbonyl (C=O) groups is 1. The number of nitrogens with one attached hydrogen (secondary N) is 1. The number of methoxy groups -OCH3 is 1. The zero-order valence-corrected chi connectivity index (χ0v) is 18.7. The van der Waals surface area contributed by atoms with Crippen molar-refractivity contribution >= 4 is 28.5 Å². The second-order valence-corrected chi connectivity index (χ2v) is 8.39. The third-order valence-corrected chi connectivity index (χ3v) is 5.22. The number of anilines is 1. The van der Waals surface area contributed by atoms with E-state index in [1.165, 1.54) is 23.0 Å². The summed E-state index contributed by atoms with van der Waals surface area (Å²) >= 11 is 1.46. The minimum Gasteiger partial charge on any atom is -0.493 e. The van der Waals surface area contributed by atoms with Gasteiger partial charge >= 0.3 is 0 Å². The Hall–Kier alpha value is -3.12. The minimum absolute atomic E-state index is 0.0534. The van der Waals surface area contributed by atoms with Crippen molar-refractivity contribution in [2.75, 3.05) is 12.4 Å². The largest absolute Gasteiger partial charge is 0.493 e. The lowest BCUT2D eigenvalue weighted by Gasteiger charge is -2.13. The van der Waals surface area contributed by atoms with Gasteiger partial charge in [-0.1, -0.05) is 35.9 Å². The molecule has 0 aliphatic carbocycles. The molecule has 1 aromatic heterocycles. The maximum absolute atomic E-state index is 12.4. The first-order valence-corrected chi connectivity index (χ1v) is 10.6. The van der Waals surface area contributed by atoms with E-state index >= 15 is 0 Å². The molecule has 0 aliphatic rings. The molecular weight excluding hydrogens is 396 g/mol. The molecule has 0 saturated heterocycles. The molecule has 1 amide bonds. The number of aryl methyl sites for hydroxylation is 2. The topological polar surface area (TPSA) is 60.5 Å². The number of hydrogen-bond donors (Lipinski definition) is 1. The lowest BCUT2D eigenvalue weighted by atomic mass is 10.1. The number of thiazole rings is 1. The third kappa shape index (κ3) is 5.48. The zero-order valence-electron chi connectivity index (χ0n) is 17.9. The summed E-state index contributed by atoms with van der Waals surface area (Å²) in [6.45, 7) is 7.98. The van der Waals surface area contributed by atoms with E-state index in [-0.39, 0.29) is 12.0 Å². The number of carbonyl (C=O) groups excluding carboxylic acids is 1. The predicted octanol–water partition coefficient (Wildman–Crippen LogP) is 5.87. The molecule has 0 aliphatic heterocycles. The highest BCUT2D eigenvalue weighted by molar-refractivity contribution is 7.16. The second-order valence-electron chi connectivity index (χ2n) is 7.19.